The Morgan fingerprint density at radius 1 is 1.25 bits per heavy atom. The van der Waals surface area contributed by atoms with Gasteiger partial charge >= 0.3 is 0 Å². The first-order valence-electron chi connectivity index (χ1n) is 8.63. The zero-order valence-corrected chi connectivity index (χ0v) is 16.0. The van der Waals surface area contributed by atoms with Crippen molar-refractivity contribution >= 4 is 17.2 Å². The van der Waals surface area contributed by atoms with Crippen LogP contribution in [0, 0.1) is 19.8 Å². The minimum absolute atomic E-state index is 0.0690. The van der Waals surface area contributed by atoms with Crippen LogP contribution in [0.4, 0.5) is 0 Å². The van der Waals surface area contributed by atoms with Gasteiger partial charge in [0.1, 0.15) is 0 Å². The number of rotatable bonds is 3. The van der Waals surface area contributed by atoms with Gasteiger partial charge in [-0.3, -0.25) is 4.79 Å². The molecule has 24 heavy (non-hydrogen) atoms. The van der Waals surface area contributed by atoms with Crippen LogP contribution in [0.25, 0.3) is 0 Å². The summed E-state index contributed by atoms with van der Waals surface area (Å²) >= 11 is 1.67. The molecule has 1 aromatic carbocycles. The van der Waals surface area contributed by atoms with Crippen LogP contribution in [-0.2, 0) is 12.0 Å². The van der Waals surface area contributed by atoms with E-state index in [0.29, 0.717) is 5.56 Å². The number of carbonyl (C=O) groups excluding carboxylic acids is 1. The van der Waals surface area contributed by atoms with Crippen LogP contribution in [0.5, 0.6) is 0 Å². The molecule has 1 fully saturated rings. The predicted molar refractivity (Wildman–Crippen MR) is 99.5 cm³/mol. The summed E-state index contributed by atoms with van der Waals surface area (Å²) in [6.07, 6.45) is 2.58. The van der Waals surface area contributed by atoms with E-state index in [1.807, 2.05) is 31.2 Å². The Kier molecular flexibility index (Phi) is 4.52. The van der Waals surface area contributed by atoms with Crippen LogP contribution in [0.1, 0.15) is 60.1 Å². The van der Waals surface area contributed by atoms with Crippen LogP contribution in [0.15, 0.2) is 29.3 Å². The molecule has 0 N–H and O–H groups in total. The van der Waals surface area contributed by atoms with E-state index in [9.17, 15) is 4.79 Å². The summed E-state index contributed by atoms with van der Waals surface area (Å²) in [5.74, 6) is 0.609. The number of hydrogen-bond acceptors (Lipinski definition) is 2. The summed E-state index contributed by atoms with van der Waals surface area (Å²) in [4.78, 5) is 19.4. The third kappa shape index (κ3) is 3.54. The lowest BCUT2D eigenvalue weighted by molar-refractivity contribution is 0.0997. The van der Waals surface area contributed by atoms with Gasteiger partial charge < -0.3 is 4.57 Å². The highest BCUT2D eigenvalue weighted by molar-refractivity contribution is 7.09. The molecule has 0 radical (unpaired) electrons. The van der Waals surface area contributed by atoms with Crippen LogP contribution < -0.4 is 4.80 Å². The Labute approximate surface area is 148 Å². The van der Waals surface area contributed by atoms with Crippen molar-refractivity contribution in [3.05, 3.63) is 50.8 Å². The summed E-state index contributed by atoms with van der Waals surface area (Å²) in [6.45, 7) is 11.8. The van der Waals surface area contributed by atoms with Crippen molar-refractivity contribution in [2.45, 2.75) is 59.4 Å². The molecule has 1 heterocycles. The molecular formula is C20H26N2OS. The van der Waals surface area contributed by atoms with Crippen molar-refractivity contribution in [3.63, 3.8) is 0 Å². The van der Waals surface area contributed by atoms with Crippen molar-refractivity contribution in [1.82, 2.24) is 4.57 Å². The highest BCUT2D eigenvalue weighted by atomic mass is 32.1. The van der Waals surface area contributed by atoms with Gasteiger partial charge in [-0.15, -0.1) is 11.3 Å². The monoisotopic (exact) mass is 342 g/mol. The average Bonchev–Trinajstić information content (AvgIpc) is 3.26. The zero-order valence-electron chi connectivity index (χ0n) is 15.2. The Hall–Kier alpha value is -1.68. The lowest BCUT2D eigenvalue weighted by Crippen LogP contribution is -2.20. The average molecular weight is 343 g/mol. The maximum absolute atomic E-state index is 12.7. The normalized spacial score (nSPS) is 15.8. The Morgan fingerprint density at radius 2 is 1.92 bits per heavy atom. The number of carbonyl (C=O) groups is 1. The van der Waals surface area contributed by atoms with Crippen molar-refractivity contribution in [2.24, 2.45) is 10.9 Å². The molecular weight excluding hydrogens is 316 g/mol. The number of hydrogen-bond donors (Lipinski definition) is 0. The number of benzene rings is 1. The Morgan fingerprint density at radius 3 is 2.50 bits per heavy atom. The first-order valence-corrected chi connectivity index (χ1v) is 9.44. The van der Waals surface area contributed by atoms with E-state index in [0.717, 1.165) is 22.8 Å². The van der Waals surface area contributed by atoms with E-state index < -0.39 is 0 Å². The van der Waals surface area contributed by atoms with Gasteiger partial charge in [0.2, 0.25) is 0 Å². The highest BCUT2D eigenvalue weighted by Gasteiger charge is 2.27. The molecule has 1 aliphatic rings. The number of aryl methyl sites for hydroxylation is 1. The van der Waals surface area contributed by atoms with Crippen molar-refractivity contribution < 1.29 is 4.79 Å². The van der Waals surface area contributed by atoms with Gasteiger partial charge in [-0.2, -0.15) is 4.99 Å². The molecule has 3 nitrogen and oxygen atoms in total. The van der Waals surface area contributed by atoms with E-state index in [4.69, 9.17) is 0 Å². The van der Waals surface area contributed by atoms with E-state index in [-0.39, 0.29) is 11.3 Å². The zero-order chi connectivity index (χ0) is 17.5. The second-order valence-electron chi connectivity index (χ2n) is 7.84. The molecule has 1 saturated carbocycles. The number of nitrogens with zero attached hydrogens (tertiary/aromatic N) is 2. The van der Waals surface area contributed by atoms with Gasteiger partial charge in [-0.1, -0.05) is 39.0 Å². The second kappa shape index (κ2) is 6.32. The molecule has 1 amide bonds. The van der Waals surface area contributed by atoms with Gasteiger partial charge in [-0.05, 0) is 49.7 Å². The number of thiazole rings is 1. The molecule has 2 aromatic rings. The molecule has 0 aliphatic heterocycles. The largest absolute Gasteiger partial charge is 0.320 e. The van der Waals surface area contributed by atoms with E-state index in [1.54, 1.807) is 11.3 Å². The summed E-state index contributed by atoms with van der Waals surface area (Å²) in [5, 5.41) is 0. The lowest BCUT2D eigenvalue weighted by atomic mass is 9.93. The van der Waals surface area contributed by atoms with Crippen molar-refractivity contribution in [2.75, 3.05) is 0 Å². The third-order valence-electron chi connectivity index (χ3n) is 4.55. The summed E-state index contributed by atoms with van der Waals surface area (Å²) in [5.41, 5.74) is 3.00. The van der Waals surface area contributed by atoms with Gasteiger partial charge in [0.15, 0.2) is 4.80 Å². The van der Waals surface area contributed by atoms with Crippen LogP contribution >= 0.6 is 11.3 Å². The van der Waals surface area contributed by atoms with E-state index >= 15 is 0 Å². The van der Waals surface area contributed by atoms with Gasteiger partial charge in [0.25, 0.3) is 5.91 Å². The maximum atomic E-state index is 12.7. The predicted octanol–water partition coefficient (Wildman–Crippen LogP) is 4.62. The minimum atomic E-state index is -0.139. The third-order valence-corrected chi connectivity index (χ3v) is 6.16. The second-order valence-corrected chi connectivity index (χ2v) is 8.81. The molecule has 0 atom stereocenters. The molecule has 3 rings (SSSR count). The van der Waals surface area contributed by atoms with Crippen molar-refractivity contribution in [3.8, 4) is 0 Å². The SMILES string of the molecule is Cc1ccccc1C(=O)N=c1sc(C(C)(C)C)c(C)n1CC1CC1. The molecule has 1 aliphatic carbocycles. The molecule has 1 aromatic heterocycles. The lowest BCUT2D eigenvalue weighted by Gasteiger charge is -2.17. The van der Waals surface area contributed by atoms with Crippen LogP contribution in [-0.4, -0.2) is 10.5 Å². The fourth-order valence-electron chi connectivity index (χ4n) is 3.00. The molecule has 0 unspecified atom stereocenters. The quantitative estimate of drug-likeness (QED) is 0.802. The van der Waals surface area contributed by atoms with Gasteiger partial charge in [-0.25, -0.2) is 0 Å². The van der Waals surface area contributed by atoms with E-state index in [1.165, 1.54) is 23.4 Å². The van der Waals surface area contributed by atoms with Gasteiger partial charge in [0.05, 0.1) is 0 Å². The van der Waals surface area contributed by atoms with Gasteiger partial charge in [0, 0.05) is 22.7 Å². The summed E-state index contributed by atoms with van der Waals surface area (Å²) in [7, 11) is 0. The summed E-state index contributed by atoms with van der Waals surface area (Å²) in [6, 6.07) is 7.67. The molecule has 0 spiro atoms. The van der Waals surface area contributed by atoms with E-state index in [2.05, 4.69) is 37.3 Å². The Bertz CT molecular complexity index is 832. The first kappa shape index (κ1) is 17.2. The van der Waals surface area contributed by atoms with Crippen LogP contribution in [0.3, 0.4) is 0 Å². The molecule has 0 saturated heterocycles. The standard InChI is InChI=1S/C20H26N2OS/c1-13-8-6-7-9-16(13)18(23)21-19-22(12-15-10-11-15)14(2)17(24-19)20(3,4)5/h6-9,15H,10-12H2,1-5H3. The van der Waals surface area contributed by atoms with Crippen LogP contribution in [0.2, 0.25) is 0 Å². The Balaban J connectivity index is 2.08. The summed E-state index contributed by atoms with van der Waals surface area (Å²) < 4.78 is 2.26. The first-order chi connectivity index (χ1) is 11.3. The maximum Gasteiger partial charge on any atom is 0.279 e. The molecule has 4 heteroatoms. The minimum Gasteiger partial charge on any atom is -0.320 e. The fourth-order valence-corrected chi connectivity index (χ4v) is 4.20. The number of amides is 1. The van der Waals surface area contributed by atoms with Crippen molar-refractivity contribution in [1.29, 1.82) is 0 Å². The topological polar surface area (TPSA) is 34.4 Å². The molecule has 128 valence electrons. The fraction of sp³-hybridized carbons (Fsp3) is 0.500. The molecule has 0 bridgehead atoms. The number of aromatic nitrogens is 1. The highest BCUT2D eigenvalue weighted by Crippen LogP contribution is 2.33. The smallest absolute Gasteiger partial charge is 0.279 e.